The van der Waals surface area contributed by atoms with Gasteiger partial charge in [0.2, 0.25) is 5.91 Å². The van der Waals surface area contributed by atoms with E-state index in [1.54, 1.807) is 7.11 Å². The molecule has 152 valence electrons. The van der Waals surface area contributed by atoms with Gasteiger partial charge in [0.1, 0.15) is 11.4 Å². The number of benzene rings is 3. The first kappa shape index (κ1) is 19.7. The fourth-order valence-corrected chi connectivity index (χ4v) is 3.57. The molecule has 0 saturated heterocycles. The van der Waals surface area contributed by atoms with E-state index >= 15 is 0 Å². The molecule has 1 amide bonds. The van der Waals surface area contributed by atoms with Gasteiger partial charge in [-0.05, 0) is 30.2 Å². The molecule has 0 saturated carbocycles. The predicted octanol–water partition coefficient (Wildman–Crippen LogP) is 4.81. The van der Waals surface area contributed by atoms with Crippen LogP contribution in [0.15, 0.2) is 78.9 Å². The summed E-state index contributed by atoms with van der Waals surface area (Å²) in [5.74, 6) is 0.832. The second kappa shape index (κ2) is 9.27. The molecule has 0 unspecified atom stereocenters. The van der Waals surface area contributed by atoms with Crippen LogP contribution in [0.2, 0.25) is 0 Å². The summed E-state index contributed by atoms with van der Waals surface area (Å²) in [5.41, 5.74) is 4.19. The Hall–Kier alpha value is -3.60. The molecule has 30 heavy (non-hydrogen) atoms. The van der Waals surface area contributed by atoms with Crippen molar-refractivity contribution >= 4 is 16.8 Å². The monoisotopic (exact) mass is 399 g/mol. The van der Waals surface area contributed by atoms with Gasteiger partial charge in [0.15, 0.2) is 0 Å². The summed E-state index contributed by atoms with van der Waals surface area (Å²) >= 11 is 0. The van der Waals surface area contributed by atoms with Crippen molar-refractivity contribution in [2.75, 3.05) is 7.11 Å². The van der Waals surface area contributed by atoms with Crippen LogP contribution in [0.25, 0.3) is 22.2 Å². The molecule has 1 aromatic heterocycles. The number of carbonyl (C=O) groups excluding carboxylic acids is 1. The first-order valence-corrected chi connectivity index (χ1v) is 10.1. The van der Waals surface area contributed by atoms with Gasteiger partial charge in [-0.3, -0.25) is 9.48 Å². The smallest absolute Gasteiger partial charge is 0.220 e. The first-order valence-electron chi connectivity index (χ1n) is 10.1. The van der Waals surface area contributed by atoms with Crippen LogP contribution in [0.4, 0.5) is 0 Å². The standard InChI is InChI=1S/C25H25N3O2/c1-30-21-12-7-9-19(17-21)18-26-24(29)15-8-16-28-23-14-6-5-13-22(23)25(27-28)20-10-3-2-4-11-20/h2-7,9-14,17H,8,15-16,18H2,1H3,(H,26,29). The quantitative estimate of drug-likeness (QED) is 0.463. The van der Waals surface area contributed by atoms with E-state index in [4.69, 9.17) is 9.84 Å². The summed E-state index contributed by atoms with van der Waals surface area (Å²) in [4.78, 5) is 12.3. The Kier molecular flexibility index (Phi) is 6.09. The van der Waals surface area contributed by atoms with E-state index in [-0.39, 0.29) is 5.91 Å². The maximum absolute atomic E-state index is 12.3. The number of aryl methyl sites for hydroxylation is 1. The minimum Gasteiger partial charge on any atom is -0.497 e. The van der Waals surface area contributed by atoms with E-state index in [0.717, 1.165) is 39.9 Å². The predicted molar refractivity (Wildman–Crippen MR) is 119 cm³/mol. The van der Waals surface area contributed by atoms with E-state index in [9.17, 15) is 4.79 Å². The molecule has 4 aromatic rings. The molecule has 0 aliphatic carbocycles. The number of amides is 1. The van der Waals surface area contributed by atoms with Crippen LogP contribution < -0.4 is 10.1 Å². The summed E-state index contributed by atoms with van der Waals surface area (Å²) in [6.07, 6.45) is 1.18. The highest BCUT2D eigenvalue weighted by molar-refractivity contribution is 5.93. The summed E-state index contributed by atoms with van der Waals surface area (Å²) in [5, 5.41) is 8.95. The Morgan fingerprint density at radius 2 is 1.80 bits per heavy atom. The third-order valence-electron chi connectivity index (χ3n) is 5.10. The second-order valence-corrected chi connectivity index (χ2v) is 7.19. The fourth-order valence-electron chi connectivity index (χ4n) is 3.57. The molecule has 0 bridgehead atoms. The van der Waals surface area contributed by atoms with Gasteiger partial charge in [0.05, 0.1) is 12.6 Å². The molecule has 1 heterocycles. The zero-order valence-electron chi connectivity index (χ0n) is 17.0. The SMILES string of the molecule is COc1cccc(CNC(=O)CCCn2nc(-c3ccccc3)c3ccccc32)c1. The highest BCUT2D eigenvalue weighted by Crippen LogP contribution is 2.27. The van der Waals surface area contributed by atoms with Gasteiger partial charge in [-0.2, -0.15) is 5.10 Å². The van der Waals surface area contributed by atoms with E-state index < -0.39 is 0 Å². The Bertz CT molecular complexity index is 1140. The summed E-state index contributed by atoms with van der Waals surface area (Å²) < 4.78 is 7.23. The zero-order chi connectivity index (χ0) is 20.8. The van der Waals surface area contributed by atoms with E-state index in [1.165, 1.54) is 0 Å². The molecule has 0 atom stereocenters. The maximum atomic E-state index is 12.3. The lowest BCUT2D eigenvalue weighted by molar-refractivity contribution is -0.121. The van der Waals surface area contributed by atoms with Crippen LogP contribution in [0.1, 0.15) is 18.4 Å². The van der Waals surface area contributed by atoms with E-state index in [0.29, 0.717) is 19.5 Å². The number of ether oxygens (including phenoxy) is 1. The van der Waals surface area contributed by atoms with Crippen molar-refractivity contribution in [3.05, 3.63) is 84.4 Å². The number of methoxy groups -OCH3 is 1. The van der Waals surface area contributed by atoms with Gasteiger partial charge < -0.3 is 10.1 Å². The first-order chi connectivity index (χ1) is 14.7. The lowest BCUT2D eigenvalue weighted by Gasteiger charge is -2.07. The molecule has 0 spiro atoms. The topological polar surface area (TPSA) is 56.1 Å². The summed E-state index contributed by atoms with van der Waals surface area (Å²) in [6, 6.07) is 26.2. The van der Waals surface area contributed by atoms with Crippen molar-refractivity contribution in [2.24, 2.45) is 0 Å². The molecule has 1 N–H and O–H groups in total. The summed E-state index contributed by atoms with van der Waals surface area (Å²) in [7, 11) is 1.64. The molecule has 3 aromatic carbocycles. The highest BCUT2D eigenvalue weighted by atomic mass is 16.5. The molecule has 5 heteroatoms. The van der Waals surface area contributed by atoms with Crippen molar-refractivity contribution < 1.29 is 9.53 Å². The summed E-state index contributed by atoms with van der Waals surface area (Å²) in [6.45, 7) is 1.19. The number of hydrogen-bond donors (Lipinski definition) is 1. The van der Waals surface area contributed by atoms with Crippen LogP contribution in [-0.4, -0.2) is 22.8 Å². The molecule has 0 fully saturated rings. The minimum absolute atomic E-state index is 0.0394. The lowest BCUT2D eigenvalue weighted by Crippen LogP contribution is -2.22. The number of aromatic nitrogens is 2. The maximum Gasteiger partial charge on any atom is 0.220 e. The van der Waals surface area contributed by atoms with Gasteiger partial charge in [0, 0.05) is 30.5 Å². The molecular weight excluding hydrogens is 374 g/mol. The molecule has 0 aliphatic rings. The van der Waals surface area contributed by atoms with E-state index in [2.05, 4.69) is 29.6 Å². The lowest BCUT2D eigenvalue weighted by atomic mass is 10.1. The molecule has 4 rings (SSSR count). The molecule has 0 radical (unpaired) electrons. The van der Waals surface area contributed by atoms with Gasteiger partial charge in [-0.15, -0.1) is 0 Å². The van der Waals surface area contributed by atoms with Crippen LogP contribution in [0.3, 0.4) is 0 Å². The number of nitrogens with one attached hydrogen (secondary N) is 1. The largest absolute Gasteiger partial charge is 0.497 e. The minimum atomic E-state index is 0.0394. The Morgan fingerprint density at radius 1 is 1.00 bits per heavy atom. The highest BCUT2D eigenvalue weighted by Gasteiger charge is 2.12. The number of nitrogens with zero attached hydrogens (tertiary/aromatic N) is 2. The van der Waals surface area contributed by atoms with Crippen LogP contribution in [-0.2, 0) is 17.9 Å². The van der Waals surface area contributed by atoms with Gasteiger partial charge in [-0.1, -0.05) is 60.7 Å². The van der Waals surface area contributed by atoms with Crippen LogP contribution in [0, 0.1) is 0 Å². The fraction of sp³-hybridized carbons (Fsp3) is 0.200. The number of hydrogen-bond acceptors (Lipinski definition) is 3. The number of para-hydroxylation sites is 1. The van der Waals surface area contributed by atoms with Crippen molar-refractivity contribution in [3.8, 4) is 17.0 Å². The van der Waals surface area contributed by atoms with E-state index in [1.807, 2.05) is 59.3 Å². The van der Waals surface area contributed by atoms with Crippen LogP contribution in [0.5, 0.6) is 5.75 Å². The third kappa shape index (κ3) is 4.51. The average Bonchev–Trinajstić information content (AvgIpc) is 3.17. The Balaban J connectivity index is 1.37. The average molecular weight is 399 g/mol. The molecular formula is C25H25N3O2. The van der Waals surface area contributed by atoms with Crippen molar-refractivity contribution in [2.45, 2.75) is 25.9 Å². The normalized spacial score (nSPS) is 10.8. The Labute approximate surface area is 176 Å². The molecule has 5 nitrogen and oxygen atoms in total. The molecule has 0 aliphatic heterocycles. The Morgan fingerprint density at radius 3 is 2.63 bits per heavy atom. The van der Waals surface area contributed by atoms with Crippen molar-refractivity contribution in [3.63, 3.8) is 0 Å². The van der Waals surface area contributed by atoms with Gasteiger partial charge in [0.25, 0.3) is 0 Å². The van der Waals surface area contributed by atoms with Crippen LogP contribution >= 0.6 is 0 Å². The second-order valence-electron chi connectivity index (χ2n) is 7.19. The van der Waals surface area contributed by atoms with Crippen molar-refractivity contribution in [1.82, 2.24) is 15.1 Å². The zero-order valence-corrected chi connectivity index (χ0v) is 17.0. The van der Waals surface area contributed by atoms with Crippen molar-refractivity contribution in [1.29, 1.82) is 0 Å². The number of carbonyl (C=O) groups is 1. The number of rotatable bonds is 8. The van der Waals surface area contributed by atoms with Gasteiger partial charge in [-0.25, -0.2) is 0 Å². The number of fused-ring (bicyclic) bond motifs is 1. The third-order valence-corrected chi connectivity index (χ3v) is 5.10. The van der Waals surface area contributed by atoms with Gasteiger partial charge >= 0.3 is 0 Å².